The molecule has 0 bridgehead atoms. The number of nitrogens with one attached hydrogen (secondary N) is 1. The fourth-order valence-corrected chi connectivity index (χ4v) is 2.35. The number of rotatable bonds is 5. The van der Waals surface area contributed by atoms with Crippen LogP contribution in [0.2, 0.25) is 10.0 Å². The van der Waals surface area contributed by atoms with Gasteiger partial charge in [0, 0.05) is 21.3 Å². The van der Waals surface area contributed by atoms with Gasteiger partial charge >= 0.3 is 0 Å². The smallest absolute Gasteiger partial charge is 0.265 e. The van der Waals surface area contributed by atoms with E-state index in [4.69, 9.17) is 33.7 Å². The number of benzene rings is 2. The Hall–Kier alpha value is -2.24. The first-order valence-electron chi connectivity index (χ1n) is 6.68. The van der Waals surface area contributed by atoms with Crippen molar-refractivity contribution in [3.63, 3.8) is 0 Å². The standard InChI is InChI=1S/C16H14Cl2N2O3/c1-9(23-14-4-2-10(3-5-14)15(19)21)16(22)20-13-7-11(17)6-12(18)8-13/h2-9H,1H3,(H2,19,21)(H,20,22). The first kappa shape index (κ1) is 17.1. The maximum Gasteiger partial charge on any atom is 0.265 e. The van der Waals surface area contributed by atoms with Crippen molar-refractivity contribution in [2.24, 2.45) is 5.73 Å². The third-order valence-corrected chi connectivity index (χ3v) is 3.39. The van der Waals surface area contributed by atoms with E-state index in [1.807, 2.05) is 0 Å². The van der Waals surface area contributed by atoms with Crippen LogP contribution in [-0.4, -0.2) is 17.9 Å². The lowest BCUT2D eigenvalue weighted by molar-refractivity contribution is -0.122. The molecule has 0 aliphatic rings. The molecule has 0 radical (unpaired) electrons. The fraction of sp³-hybridized carbons (Fsp3) is 0.125. The number of ether oxygens (including phenoxy) is 1. The summed E-state index contributed by atoms with van der Waals surface area (Å²) in [5.74, 6) is -0.440. The van der Waals surface area contributed by atoms with Crippen molar-refractivity contribution in [3.8, 4) is 5.75 Å². The van der Waals surface area contributed by atoms with Crippen LogP contribution in [0.25, 0.3) is 0 Å². The molecule has 0 spiro atoms. The predicted octanol–water partition coefficient (Wildman–Crippen LogP) is 3.50. The lowest BCUT2D eigenvalue weighted by Crippen LogP contribution is -2.30. The van der Waals surface area contributed by atoms with Gasteiger partial charge in [0.15, 0.2) is 6.10 Å². The summed E-state index contributed by atoms with van der Waals surface area (Å²) in [4.78, 5) is 23.1. The number of carbonyl (C=O) groups excluding carboxylic acids is 2. The SMILES string of the molecule is CC(Oc1ccc(C(N)=O)cc1)C(=O)Nc1cc(Cl)cc(Cl)c1. The van der Waals surface area contributed by atoms with Gasteiger partial charge in [-0.05, 0) is 49.4 Å². The molecule has 3 N–H and O–H groups in total. The highest BCUT2D eigenvalue weighted by atomic mass is 35.5. The summed E-state index contributed by atoms with van der Waals surface area (Å²) < 4.78 is 5.51. The fourth-order valence-electron chi connectivity index (χ4n) is 1.83. The Bertz CT molecular complexity index is 712. The molecular formula is C16H14Cl2N2O3. The van der Waals surface area contributed by atoms with E-state index in [0.717, 1.165) is 0 Å². The van der Waals surface area contributed by atoms with Gasteiger partial charge in [0.05, 0.1) is 0 Å². The minimum absolute atomic E-state index is 0.359. The van der Waals surface area contributed by atoms with Crippen LogP contribution in [0.5, 0.6) is 5.75 Å². The number of carbonyl (C=O) groups is 2. The molecule has 7 heteroatoms. The molecule has 2 amide bonds. The number of anilines is 1. The average Bonchev–Trinajstić information content (AvgIpc) is 2.46. The number of hydrogen-bond donors (Lipinski definition) is 2. The molecule has 0 aromatic heterocycles. The second-order valence-corrected chi connectivity index (χ2v) is 5.67. The molecular weight excluding hydrogens is 339 g/mol. The molecule has 2 aromatic carbocycles. The zero-order chi connectivity index (χ0) is 17.0. The Morgan fingerprint density at radius 1 is 1.09 bits per heavy atom. The first-order chi connectivity index (χ1) is 10.8. The number of nitrogens with two attached hydrogens (primary N) is 1. The van der Waals surface area contributed by atoms with E-state index in [9.17, 15) is 9.59 Å². The van der Waals surface area contributed by atoms with Crippen LogP contribution in [-0.2, 0) is 4.79 Å². The Morgan fingerprint density at radius 2 is 1.65 bits per heavy atom. The Labute approximate surface area is 143 Å². The zero-order valence-corrected chi connectivity index (χ0v) is 13.7. The maximum absolute atomic E-state index is 12.1. The van der Waals surface area contributed by atoms with Crippen molar-refractivity contribution in [2.45, 2.75) is 13.0 Å². The van der Waals surface area contributed by atoms with Crippen molar-refractivity contribution in [3.05, 3.63) is 58.1 Å². The molecule has 0 saturated carbocycles. The van der Waals surface area contributed by atoms with Crippen LogP contribution in [0.15, 0.2) is 42.5 Å². The Kier molecular flexibility index (Phi) is 5.47. The molecule has 120 valence electrons. The molecule has 1 atom stereocenters. The second-order valence-electron chi connectivity index (χ2n) is 4.80. The molecule has 0 aliphatic heterocycles. The predicted molar refractivity (Wildman–Crippen MR) is 90.1 cm³/mol. The molecule has 1 unspecified atom stereocenters. The van der Waals surface area contributed by atoms with Crippen LogP contribution in [0.3, 0.4) is 0 Å². The molecule has 0 saturated heterocycles. The largest absolute Gasteiger partial charge is 0.481 e. The van der Waals surface area contributed by atoms with Crippen molar-refractivity contribution in [1.29, 1.82) is 0 Å². The summed E-state index contributed by atoms with van der Waals surface area (Å²) in [6.07, 6.45) is -0.757. The molecule has 0 fully saturated rings. The topological polar surface area (TPSA) is 81.4 Å². The first-order valence-corrected chi connectivity index (χ1v) is 7.44. The van der Waals surface area contributed by atoms with E-state index in [-0.39, 0.29) is 5.91 Å². The lowest BCUT2D eigenvalue weighted by Gasteiger charge is -2.15. The summed E-state index contributed by atoms with van der Waals surface area (Å²) in [5, 5.41) is 3.51. The summed E-state index contributed by atoms with van der Waals surface area (Å²) >= 11 is 11.8. The van der Waals surface area contributed by atoms with Crippen LogP contribution in [0, 0.1) is 0 Å². The van der Waals surface area contributed by atoms with E-state index < -0.39 is 12.0 Å². The summed E-state index contributed by atoms with van der Waals surface area (Å²) in [7, 11) is 0. The minimum atomic E-state index is -0.757. The normalized spacial score (nSPS) is 11.6. The van der Waals surface area contributed by atoms with Crippen LogP contribution < -0.4 is 15.8 Å². The maximum atomic E-state index is 12.1. The molecule has 0 heterocycles. The lowest BCUT2D eigenvalue weighted by atomic mass is 10.2. The highest BCUT2D eigenvalue weighted by Crippen LogP contribution is 2.23. The second kappa shape index (κ2) is 7.35. The van der Waals surface area contributed by atoms with Gasteiger partial charge in [-0.1, -0.05) is 23.2 Å². The molecule has 23 heavy (non-hydrogen) atoms. The molecule has 5 nitrogen and oxygen atoms in total. The van der Waals surface area contributed by atoms with Gasteiger partial charge in [0.2, 0.25) is 5.91 Å². The van der Waals surface area contributed by atoms with Crippen molar-refractivity contribution < 1.29 is 14.3 Å². The number of hydrogen-bond acceptors (Lipinski definition) is 3. The van der Waals surface area contributed by atoms with Crippen molar-refractivity contribution in [1.82, 2.24) is 0 Å². The van der Waals surface area contributed by atoms with Crippen molar-refractivity contribution >= 4 is 40.7 Å². The quantitative estimate of drug-likeness (QED) is 0.863. The Balaban J connectivity index is 2.00. The van der Waals surface area contributed by atoms with E-state index in [1.54, 1.807) is 37.3 Å². The van der Waals surface area contributed by atoms with Gasteiger partial charge in [-0.2, -0.15) is 0 Å². The number of halogens is 2. The molecule has 2 aromatic rings. The van der Waals surface area contributed by atoms with Gasteiger partial charge in [0.1, 0.15) is 5.75 Å². The molecule has 0 aliphatic carbocycles. The third-order valence-electron chi connectivity index (χ3n) is 2.95. The highest BCUT2D eigenvalue weighted by molar-refractivity contribution is 6.35. The van der Waals surface area contributed by atoms with E-state index in [2.05, 4.69) is 5.32 Å². The summed E-state index contributed by atoms with van der Waals surface area (Å²) in [5.41, 5.74) is 6.00. The van der Waals surface area contributed by atoms with Gasteiger partial charge in [-0.15, -0.1) is 0 Å². The van der Waals surface area contributed by atoms with Gasteiger partial charge < -0.3 is 15.8 Å². The monoisotopic (exact) mass is 352 g/mol. The van der Waals surface area contributed by atoms with Crippen molar-refractivity contribution in [2.75, 3.05) is 5.32 Å². The highest BCUT2D eigenvalue weighted by Gasteiger charge is 2.15. The molecule has 2 rings (SSSR count). The van der Waals surface area contributed by atoms with Crippen LogP contribution in [0.4, 0.5) is 5.69 Å². The number of amides is 2. The van der Waals surface area contributed by atoms with Gasteiger partial charge in [-0.3, -0.25) is 9.59 Å². The van der Waals surface area contributed by atoms with Crippen LogP contribution >= 0.6 is 23.2 Å². The Morgan fingerprint density at radius 3 is 2.17 bits per heavy atom. The zero-order valence-electron chi connectivity index (χ0n) is 12.2. The average molecular weight is 353 g/mol. The summed E-state index contributed by atoms with van der Waals surface area (Å²) in [6.45, 7) is 1.60. The minimum Gasteiger partial charge on any atom is -0.481 e. The summed E-state index contributed by atoms with van der Waals surface area (Å²) in [6, 6.07) is 10.9. The van der Waals surface area contributed by atoms with E-state index in [1.165, 1.54) is 12.1 Å². The van der Waals surface area contributed by atoms with Gasteiger partial charge in [-0.25, -0.2) is 0 Å². The van der Waals surface area contributed by atoms with Gasteiger partial charge in [0.25, 0.3) is 5.91 Å². The van der Waals surface area contributed by atoms with Crippen LogP contribution in [0.1, 0.15) is 17.3 Å². The van der Waals surface area contributed by atoms with E-state index >= 15 is 0 Å². The third kappa shape index (κ3) is 4.87. The van der Waals surface area contributed by atoms with E-state index in [0.29, 0.717) is 27.0 Å². The number of primary amides is 1.